The summed E-state index contributed by atoms with van der Waals surface area (Å²) in [5.41, 5.74) is 3.04. The Bertz CT molecular complexity index is 1480. The third kappa shape index (κ3) is 5.17. The second-order valence-corrected chi connectivity index (χ2v) is 9.62. The minimum atomic E-state index is -0.457. The maximum absolute atomic E-state index is 12.7. The van der Waals surface area contributed by atoms with E-state index >= 15 is 0 Å². The Balaban J connectivity index is 1.54. The van der Waals surface area contributed by atoms with Gasteiger partial charge in [-0.25, -0.2) is 14.6 Å². The number of para-hydroxylation sites is 2. The molecule has 2 aromatic carbocycles. The Labute approximate surface area is 209 Å². The van der Waals surface area contributed by atoms with Gasteiger partial charge in [0.25, 0.3) is 0 Å². The highest BCUT2D eigenvalue weighted by molar-refractivity contribution is 6.00. The Hall–Kier alpha value is -4.33. The Kier molecular flexibility index (Phi) is 6.70. The van der Waals surface area contributed by atoms with Gasteiger partial charge in [0, 0.05) is 35.2 Å². The van der Waals surface area contributed by atoms with E-state index in [-0.39, 0.29) is 11.2 Å². The maximum Gasteiger partial charge on any atom is 0.340 e. The van der Waals surface area contributed by atoms with E-state index in [2.05, 4.69) is 15.6 Å². The van der Waals surface area contributed by atoms with Crippen molar-refractivity contribution >= 4 is 28.5 Å². The van der Waals surface area contributed by atoms with Crippen molar-refractivity contribution in [2.45, 2.75) is 39.5 Å². The van der Waals surface area contributed by atoms with Crippen LogP contribution in [-0.2, 0) is 11.8 Å². The number of aromatic hydroxyl groups is 1. The lowest BCUT2D eigenvalue weighted by Crippen LogP contribution is -2.20. The van der Waals surface area contributed by atoms with Gasteiger partial charge in [-0.05, 0) is 47.7 Å². The number of pyridine rings is 1. The van der Waals surface area contributed by atoms with Crippen LogP contribution in [0.4, 0.5) is 16.3 Å². The lowest BCUT2D eigenvalue weighted by atomic mass is 9.85. The predicted octanol–water partition coefficient (Wildman–Crippen LogP) is 5.74. The zero-order chi connectivity index (χ0) is 26.0. The van der Waals surface area contributed by atoms with E-state index in [0.717, 1.165) is 22.1 Å². The summed E-state index contributed by atoms with van der Waals surface area (Å²) in [4.78, 5) is 29.4. The fourth-order valence-electron chi connectivity index (χ4n) is 4.05. The van der Waals surface area contributed by atoms with Crippen LogP contribution >= 0.6 is 0 Å². The van der Waals surface area contributed by atoms with Gasteiger partial charge >= 0.3 is 11.7 Å². The van der Waals surface area contributed by atoms with Crippen molar-refractivity contribution in [1.29, 1.82) is 0 Å². The summed E-state index contributed by atoms with van der Waals surface area (Å²) in [5, 5.41) is 16.6. The lowest BCUT2D eigenvalue weighted by Gasteiger charge is -2.21. The number of nitrogens with one attached hydrogen (secondary N) is 2. The van der Waals surface area contributed by atoms with Crippen LogP contribution in [0.5, 0.6) is 11.5 Å². The van der Waals surface area contributed by atoms with E-state index in [9.17, 15) is 14.7 Å². The van der Waals surface area contributed by atoms with Gasteiger partial charge in [0.2, 0.25) is 0 Å². The van der Waals surface area contributed by atoms with Crippen LogP contribution in [0.15, 0.2) is 63.9 Å². The van der Waals surface area contributed by atoms with E-state index in [1.807, 2.05) is 39.8 Å². The molecule has 0 fully saturated rings. The number of benzene rings is 2. The van der Waals surface area contributed by atoms with Gasteiger partial charge in [-0.15, -0.1) is 0 Å². The zero-order valence-corrected chi connectivity index (χ0v) is 20.9. The first kappa shape index (κ1) is 24.8. The molecule has 0 saturated heterocycles. The Morgan fingerprint density at radius 1 is 1.11 bits per heavy atom. The summed E-state index contributed by atoms with van der Waals surface area (Å²) in [6.45, 7) is 7.92. The molecule has 0 unspecified atom stereocenters. The van der Waals surface area contributed by atoms with Crippen LogP contribution in [0.25, 0.3) is 11.0 Å². The molecule has 0 saturated carbocycles. The van der Waals surface area contributed by atoms with Crippen LogP contribution in [0, 0.1) is 6.92 Å². The number of methoxy groups -OCH3 is 1. The van der Waals surface area contributed by atoms with Crippen LogP contribution < -0.4 is 21.0 Å². The summed E-state index contributed by atoms with van der Waals surface area (Å²) >= 11 is 0. The molecule has 2 aromatic heterocycles. The third-order valence-electron chi connectivity index (χ3n) is 6.01. The van der Waals surface area contributed by atoms with Crippen molar-refractivity contribution in [2.24, 2.45) is 0 Å². The molecule has 36 heavy (non-hydrogen) atoms. The number of rotatable bonds is 5. The number of hydrogen-bond acceptors (Lipinski definition) is 6. The number of carbonyl (C=O) groups is 1. The predicted molar refractivity (Wildman–Crippen MR) is 140 cm³/mol. The van der Waals surface area contributed by atoms with Gasteiger partial charge in [0.15, 0.2) is 0 Å². The number of phenols is 1. The molecule has 8 heteroatoms. The molecular weight excluding hydrogens is 458 g/mol. The average Bonchev–Trinajstić information content (AvgIpc) is 2.82. The van der Waals surface area contributed by atoms with Gasteiger partial charge in [-0.3, -0.25) is 5.32 Å². The molecule has 0 aliphatic carbocycles. The lowest BCUT2D eigenvalue weighted by molar-refractivity contribution is 0.262. The molecule has 0 aliphatic rings. The molecule has 0 radical (unpaired) electrons. The van der Waals surface area contributed by atoms with Gasteiger partial charge in [0.05, 0.1) is 12.8 Å². The SMILES string of the molecule is COc1ccccc1NC(=O)Nc1ccc(Cc2c(C)c3cc(C(C)(C)C)c(O)cc3oc2=O)cn1. The smallest absolute Gasteiger partial charge is 0.340 e. The number of ether oxygens (including phenoxy) is 1. The monoisotopic (exact) mass is 487 g/mol. The molecule has 3 N–H and O–H groups in total. The normalized spacial score (nSPS) is 11.4. The van der Waals surface area contributed by atoms with Crippen LogP contribution in [0.2, 0.25) is 0 Å². The van der Waals surface area contributed by atoms with Crippen molar-refractivity contribution in [3.63, 3.8) is 0 Å². The molecule has 0 aliphatic heterocycles. The van der Waals surface area contributed by atoms with E-state index in [1.54, 1.807) is 36.5 Å². The van der Waals surface area contributed by atoms with Crippen molar-refractivity contribution in [2.75, 3.05) is 17.7 Å². The Morgan fingerprint density at radius 2 is 1.86 bits per heavy atom. The van der Waals surface area contributed by atoms with Gasteiger partial charge in [-0.2, -0.15) is 0 Å². The molecule has 8 nitrogen and oxygen atoms in total. The van der Waals surface area contributed by atoms with Gasteiger partial charge < -0.3 is 19.6 Å². The number of amides is 2. The molecule has 0 spiro atoms. The van der Waals surface area contributed by atoms with Crippen molar-refractivity contribution < 1.29 is 19.1 Å². The van der Waals surface area contributed by atoms with Crippen LogP contribution in [0.1, 0.15) is 43.0 Å². The number of aromatic nitrogens is 1. The number of nitrogens with zero attached hydrogens (tertiary/aromatic N) is 1. The Morgan fingerprint density at radius 3 is 2.53 bits per heavy atom. The number of hydrogen-bond donors (Lipinski definition) is 3. The number of aryl methyl sites for hydroxylation is 1. The molecule has 2 amide bonds. The number of urea groups is 1. The molecule has 0 atom stereocenters. The van der Waals surface area contributed by atoms with Crippen molar-refractivity contribution in [3.05, 3.63) is 87.4 Å². The average molecular weight is 488 g/mol. The minimum Gasteiger partial charge on any atom is -0.508 e. The molecule has 4 rings (SSSR count). The summed E-state index contributed by atoms with van der Waals surface area (Å²) in [6, 6.07) is 13.5. The highest BCUT2D eigenvalue weighted by Gasteiger charge is 2.21. The van der Waals surface area contributed by atoms with Crippen LogP contribution in [0.3, 0.4) is 0 Å². The molecule has 4 aromatic rings. The van der Waals surface area contributed by atoms with E-state index < -0.39 is 11.7 Å². The topological polar surface area (TPSA) is 114 Å². The first-order valence-electron chi connectivity index (χ1n) is 11.5. The summed E-state index contributed by atoms with van der Waals surface area (Å²) in [7, 11) is 1.53. The van der Waals surface area contributed by atoms with E-state index in [0.29, 0.717) is 34.8 Å². The molecule has 2 heterocycles. The standard InChI is InChI=1S/C28H29N3O5/c1-16-18-13-20(28(2,3)4)22(32)14-24(18)36-26(33)19(16)12-17-10-11-25(29-15-17)31-27(34)30-21-8-6-7-9-23(21)35-5/h6-11,13-15,32H,12H2,1-5H3,(H2,29,30,31,34). The second kappa shape index (κ2) is 9.73. The van der Waals surface area contributed by atoms with Crippen LogP contribution in [-0.4, -0.2) is 23.2 Å². The maximum atomic E-state index is 12.7. The molecular formula is C28H29N3O5. The summed E-state index contributed by atoms with van der Waals surface area (Å²) in [6.07, 6.45) is 1.93. The summed E-state index contributed by atoms with van der Waals surface area (Å²) in [5.74, 6) is 1.01. The number of anilines is 2. The van der Waals surface area contributed by atoms with Gasteiger partial charge in [0.1, 0.15) is 22.9 Å². The third-order valence-corrected chi connectivity index (χ3v) is 6.01. The minimum absolute atomic E-state index is 0.104. The summed E-state index contributed by atoms with van der Waals surface area (Å²) < 4.78 is 10.8. The fraction of sp³-hybridized carbons (Fsp3) is 0.250. The first-order valence-corrected chi connectivity index (χ1v) is 11.5. The number of carbonyl (C=O) groups excluding carboxylic acids is 1. The largest absolute Gasteiger partial charge is 0.508 e. The fourth-order valence-corrected chi connectivity index (χ4v) is 4.05. The molecule has 186 valence electrons. The van der Waals surface area contributed by atoms with Crippen molar-refractivity contribution in [3.8, 4) is 11.5 Å². The number of fused-ring (bicyclic) bond motifs is 1. The van der Waals surface area contributed by atoms with E-state index in [1.165, 1.54) is 13.2 Å². The zero-order valence-electron chi connectivity index (χ0n) is 20.9. The number of phenolic OH excluding ortho intramolecular Hbond substituents is 1. The molecule has 0 bridgehead atoms. The second-order valence-electron chi connectivity index (χ2n) is 9.62. The van der Waals surface area contributed by atoms with E-state index in [4.69, 9.17) is 9.15 Å². The highest BCUT2D eigenvalue weighted by Crippen LogP contribution is 2.35. The first-order chi connectivity index (χ1) is 17.1. The highest BCUT2D eigenvalue weighted by atomic mass is 16.5. The van der Waals surface area contributed by atoms with Gasteiger partial charge in [-0.1, -0.05) is 39.0 Å². The quantitative estimate of drug-likeness (QED) is 0.309. The van der Waals surface area contributed by atoms with Crippen molar-refractivity contribution in [1.82, 2.24) is 4.98 Å².